The third-order valence-electron chi connectivity index (χ3n) is 3.84. The molecule has 2 aliphatic rings. The first-order valence-electron chi connectivity index (χ1n) is 6.36. The van der Waals surface area contributed by atoms with Gasteiger partial charge in [0.2, 0.25) is 0 Å². The van der Waals surface area contributed by atoms with Gasteiger partial charge in [-0.1, -0.05) is 6.92 Å². The summed E-state index contributed by atoms with van der Waals surface area (Å²) in [6, 6.07) is 0.372. The molecule has 0 aromatic heterocycles. The standard InChI is InChI=1S/C12H24N2O/c1-2-6-14-7-4-12(5-8-14)10-11(13)3-9-15-12/h11H,2-10,13H2,1H3. The Morgan fingerprint density at radius 2 is 2.13 bits per heavy atom. The van der Waals surface area contributed by atoms with Crippen LogP contribution in [-0.4, -0.2) is 42.8 Å². The van der Waals surface area contributed by atoms with Crippen LogP contribution in [0, 0.1) is 0 Å². The topological polar surface area (TPSA) is 38.5 Å². The summed E-state index contributed by atoms with van der Waals surface area (Å²) in [4.78, 5) is 2.55. The van der Waals surface area contributed by atoms with Crippen LogP contribution in [0.5, 0.6) is 0 Å². The van der Waals surface area contributed by atoms with Gasteiger partial charge >= 0.3 is 0 Å². The van der Waals surface area contributed by atoms with Crippen LogP contribution < -0.4 is 5.73 Å². The molecule has 2 fully saturated rings. The second kappa shape index (κ2) is 4.81. The lowest BCUT2D eigenvalue weighted by atomic mass is 9.82. The molecule has 2 heterocycles. The van der Waals surface area contributed by atoms with Gasteiger partial charge in [-0.3, -0.25) is 0 Å². The summed E-state index contributed by atoms with van der Waals surface area (Å²) in [6.45, 7) is 6.75. The van der Waals surface area contributed by atoms with Crippen molar-refractivity contribution < 1.29 is 4.74 Å². The number of hydrogen-bond acceptors (Lipinski definition) is 3. The molecular weight excluding hydrogens is 188 g/mol. The van der Waals surface area contributed by atoms with Crippen molar-refractivity contribution in [3.8, 4) is 0 Å². The first-order valence-corrected chi connectivity index (χ1v) is 6.36. The summed E-state index contributed by atoms with van der Waals surface area (Å²) in [5, 5.41) is 0. The second-order valence-electron chi connectivity index (χ2n) is 5.13. The molecule has 2 rings (SSSR count). The van der Waals surface area contributed by atoms with Gasteiger partial charge in [0.1, 0.15) is 0 Å². The van der Waals surface area contributed by atoms with Crippen LogP contribution in [0.4, 0.5) is 0 Å². The third kappa shape index (κ3) is 2.71. The number of ether oxygens (including phenoxy) is 1. The van der Waals surface area contributed by atoms with E-state index < -0.39 is 0 Å². The Balaban J connectivity index is 1.85. The number of piperidine rings is 1. The fourth-order valence-electron chi connectivity index (χ4n) is 2.91. The Kier molecular flexibility index (Phi) is 3.65. The zero-order valence-electron chi connectivity index (χ0n) is 9.87. The second-order valence-corrected chi connectivity index (χ2v) is 5.13. The molecule has 0 aliphatic carbocycles. The van der Waals surface area contributed by atoms with E-state index in [1.165, 1.54) is 38.9 Å². The highest BCUT2D eigenvalue weighted by Gasteiger charge is 2.38. The molecular formula is C12H24N2O. The molecule has 2 aliphatic heterocycles. The van der Waals surface area contributed by atoms with Gasteiger partial charge in [0.15, 0.2) is 0 Å². The van der Waals surface area contributed by atoms with Crippen molar-refractivity contribution in [1.29, 1.82) is 0 Å². The number of rotatable bonds is 2. The van der Waals surface area contributed by atoms with Gasteiger partial charge in [-0.2, -0.15) is 0 Å². The van der Waals surface area contributed by atoms with E-state index in [1.54, 1.807) is 0 Å². The lowest BCUT2D eigenvalue weighted by Gasteiger charge is -2.45. The van der Waals surface area contributed by atoms with Gasteiger partial charge in [0.05, 0.1) is 5.60 Å². The van der Waals surface area contributed by atoms with Crippen molar-refractivity contribution in [2.24, 2.45) is 5.73 Å². The minimum Gasteiger partial charge on any atom is -0.375 e. The fourth-order valence-corrected chi connectivity index (χ4v) is 2.91. The maximum absolute atomic E-state index is 6.04. The van der Waals surface area contributed by atoms with Crippen LogP contribution in [0.25, 0.3) is 0 Å². The Morgan fingerprint density at radius 1 is 1.40 bits per heavy atom. The number of nitrogens with zero attached hydrogens (tertiary/aromatic N) is 1. The minimum absolute atomic E-state index is 0.141. The normalized spacial score (nSPS) is 32.0. The average molecular weight is 212 g/mol. The third-order valence-corrected chi connectivity index (χ3v) is 3.84. The van der Waals surface area contributed by atoms with E-state index in [0.29, 0.717) is 6.04 Å². The number of likely N-dealkylation sites (tertiary alicyclic amines) is 1. The van der Waals surface area contributed by atoms with Gasteiger partial charge < -0.3 is 15.4 Å². The molecule has 88 valence electrons. The van der Waals surface area contributed by atoms with Gasteiger partial charge in [0, 0.05) is 25.7 Å². The maximum Gasteiger partial charge on any atom is 0.0721 e. The monoisotopic (exact) mass is 212 g/mol. The van der Waals surface area contributed by atoms with E-state index in [-0.39, 0.29) is 5.60 Å². The van der Waals surface area contributed by atoms with Crippen molar-refractivity contribution in [1.82, 2.24) is 4.90 Å². The quantitative estimate of drug-likeness (QED) is 0.751. The Hall–Kier alpha value is -0.120. The highest BCUT2D eigenvalue weighted by molar-refractivity contribution is 4.93. The fraction of sp³-hybridized carbons (Fsp3) is 1.00. The number of nitrogens with two attached hydrogens (primary N) is 1. The van der Waals surface area contributed by atoms with Crippen molar-refractivity contribution >= 4 is 0 Å². The van der Waals surface area contributed by atoms with E-state index in [2.05, 4.69) is 11.8 Å². The molecule has 0 aromatic carbocycles. The van der Waals surface area contributed by atoms with Crippen LogP contribution in [0.15, 0.2) is 0 Å². The predicted octanol–water partition coefficient (Wildman–Crippen LogP) is 1.37. The van der Waals surface area contributed by atoms with E-state index in [9.17, 15) is 0 Å². The van der Waals surface area contributed by atoms with Crippen molar-refractivity contribution in [2.45, 2.75) is 50.7 Å². The highest BCUT2D eigenvalue weighted by atomic mass is 16.5. The molecule has 0 aromatic rings. The summed E-state index contributed by atoms with van der Waals surface area (Å²) < 4.78 is 6.00. The Labute approximate surface area is 93.0 Å². The first-order chi connectivity index (χ1) is 7.24. The zero-order valence-corrected chi connectivity index (χ0v) is 9.87. The van der Waals surface area contributed by atoms with Crippen molar-refractivity contribution in [2.75, 3.05) is 26.2 Å². The minimum atomic E-state index is 0.141. The lowest BCUT2D eigenvalue weighted by Crippen LogP contribution is -2.52. The molecule has 2 N–H and O–H groups in total. The average Bonchev–Trinajstić information content (AvgIpc) is 2.22. The summed E-state index contributed by atoms with van der Waals surface area (Å²) in [5.74, 6) is 0. The summed E-state index contributed by atoms with van der Waals surface area (Å²) >= 11 is 0. The van der Waals surface area contributed by atoms with Crippen molar-refractivity contribution in [3.05, 3.63) is 0 Å². The van der Waals surface area contributed by atoms with Crippen LogP contribution in [0.2, 0.25) is 0 Å². The predicted molar refractivity (Wildman–Crippen MR) is 61.9 cm³/mol. The van der Waals surface area contributed by atoms with Gasteiger partial charge in [-0.15, -0.1) is 0 Å². The first kappa shape index (κ1) is 11.4. The van der Waals surface area contributed by atoms with E-state index in [1.807, 2.05) is 0 Å². The molecule has 0 bridgehead atoms. The van der Waals surface area contributed by atoms with Crippen LogP contribution in [-0.2, 0) is 4.74 Å². The molecule has 0 amide bonds. The van der Waals surface area contributed by atoms with Crippen LogP contribution in [0.1, 0.15) is 39.0 Å². The Bertz CT molecular complexity index is 200. The molecule has 0 saturated carbocycles. The Morgan fingerprint density at radius 3 is 2.73 bits per heavy atom. The lowest BCUT2D eigenvalue weighted by molar-refractivity contribution is -0.116. The van der Waals surface area contributed by atoms with Gasteiger partial charge in [-0.25, -0.2) is 0 Å². The maximum atomic E-state index is 6.04. The van der Waals surface area contributed by atoms with E-state index in [4.69, 9.17) is 10.5 Å². The summed E-state index contributed by atoms with van der Waals surface area (Å²) in [6.07, 6.45) is 5.74. The largest absolute Gasteiger partial charge is 0.375 e. The van der Waals surface area contributed by atoms with Crippen LogP contribution >= 0.6 is 0 Å². The number of hydrogen-bond donors (Lipinski definition) is 1. The molecule has 15 heavy (non-hydrogen) atoms. The molecule has 0 radical (unpaired) electrons. The molecule has 3 heteroatoms. The highest BCUT2D eigenvalue weighted by Crippen LogP contribution is 2.34. The molecule has 1 atom stereocenters. The molecule has 2 saturated heterocycles. The molecule has 1 spiro atoms. The van der Waals surface area contributed by atoms with Crippen molar-refractivity contribution in [3.63, 3.8) is 0 Å². The van der Waals surface area contributed by atoms with E-state index in [0.717, 1.165) is 19.4 Å². The zero-order chi connectivity index (χ0) is 10.7. The summed E-state index contributed by atoms with van der Waals surface area (Å²) in [7, 11) is 0. The molecule has 3 nitrogen and oxygen atoms in total. The van der Waals surface area contributed by atoms with Crippen LogP contribution in [0.3, 0.4) is 0 Å². The SMILES string of the molecule is CCCN1CCC2(CC1)CC(N)CCO2. The van der Waals surface area contributed by atoms with Gasteiger partial charge in [0.25, 0.3) is 0 Å². The summed E-state index contributed by atoms with van der Waals surface area (Å²) in [5.41, 5.74) is 6.18. The smallest absolute Gasteiger partial charge is 0.0721 e. The van der Waals surface area contributed by atoms with E-state index >= 15 is 0 Å². The molecule has 1 unspecified atom stereocenters. The van der Waals surface area contributed by atoms with Gasteiger partial charge in [-0.05, 0) is 38.6 Å².